The second-order valence-corrected chi connectivity index (χ2v) is 10.1. The maximum Gasteiger partial charge on any atom is 0.345 e. The molecule has 13 heavy (non-hydrogen) atoms. The first-order chi connectivity index (χ1) is 5.84. The highest BCUT2D eigenvalue weighted by atomic mass is 35.5. The van der Waals surface area contributed by atoms with Gasteiger partial charge in [-0.3, -0.25) is 0 Å². The van der Waals surface area contributed by atoms with Crippen LogP contribution in [0, 0.1) is 0 Å². The quantitative estimate of drug-likeness (QED) is 0.799. The molecule has 0 atom stereocenters. The fourth-order valence-corrected chi connectivity index (χ4v) is 5.77. The Morgan fingerprint density at radius 2 is 2.08 bits per heavy atom. The maximum absolute atomic E-state index is 10.9. The monoisotopic (exact) mass is 234 g/mol. The summed E-state index contributed by atoms with van der Waals surface area (Å²) in [4.78, 5) is 11.3. The summed E-state index contributed by atoms with van der Waals surface area (Å²) in [6, 6.07) is 0. The Kier molecular flexibility index (Phi) is 2.84. The third kappa shape index (κ3) is 2.13. The number of hydrogen-bond donors (Lipinski definition) is 1. The highest BCUT2D eigenvalue weighted by Crippen LogP contribution is 2.21. The number of carboxylic acid groups (broad SMARTS) is 1. The molecule has 0 spiro atoms. The van der Waals surface area contributed by atoms with Crippen molar-refractivity contribution in [3.8, 4) is 0 Å². The zero-order chi connectivity index (χ0) is 10.2. The Morgan fingerprint density at radius 3 is 2.38 bits per heavy atom. The van der Waals surface area contributed by atoms with E-state index < -0.39 is 14.0 Å². The predicted molar refractivity (Wildman–Crippen MR) is 59.3 cm³/mol. The molecule has 0 unspecified atom stereocenters. The number of thiophene rings is 1. The topological polar surface area (TPSA) is 37.3 Å². The van der Waals surface area contributed by atoms with E-state index in [-0.39, 0.29) is 0 Å². The molecule has 0 aliphatic heterocycles. The summed E-state index contributed by atoms with van der Waals surface area (Å²) >= 11 is 7.17. The van der Waals surface area contributed by atoms with Gasteiger partial charge in [0.2, 0.25) is 0 Å². The number of rotatable bonds is 2. The largest absolute Gasteiger partial charge is 0.477 e. The normalized spacial score (nSPS) is 11.7. The lowest BCUT2D eigenvalue weighted by molar-refractivity contribution is 0.0703. The van der Waals surface area contributed by atoms with Crippen LogP contribution in [0.2, 0.25) is 24.7 Å². The van der Waals surface area contributed by atoms with Gasteiger partial charge in [0.25, 0.3) is 0 Å². The van der Waals surface area contributed by atoms with Crippen LogP contribution in [0.25, 0.3) is 0 Å². The van der Waals surface area contributed by atoms with Crippen molar-refractivity contribution in [3.63, 3.8) is 0 Å². The first kappa shape index (κ1) is 10.8. The summed E-state index contributed by atoms with van der Waals surface area (Å²) in [5.41, 5.74) is 0. The van der Waals surface area contributed by atoms with Crippen LogP contribution in [0.4, 0.5) is 0 Å². The van der Waals surface area contributed by atoms with Gasteiger partial charge in [-0.2, -0.15) is 0 Å². The summed E-state index contributed by atoms with van der Waals surface area (Å²) in [6.07, 6.45) is 0. The van der Waals surface area contributed by atoms with Gasteiger partial charge < -0.3 is 5.11 Å². The van der Waals surface area contributed by atoms with Gasteiger partial charge in [-0.05, 0) is 5.19 Å². The number of aromatic carboxylic acids is 1. The van der Waals surface area contributed by atoms with Crippen LogP contribution in [0.3, 0.4) is 0 Å². The van der Waals surface area contributed by atoms with E-state index in [1.165, 1.54) is 11.3 Å². The van der Waals surface area contributed by atoms with Crippen molar-refractivity contribution >= 4 is 42.2 Å². The lowest BCUT2D eigenvalue weighted by Gasteiger charge is -2.16. The predicted octanol–water partition coefficient (Wildman–Crippen LogP) is 2.64. The van der Waals surface area contributed by atoms with Gasteiger partial charge in [-0.1, -0.05) is 31.2 Å². The van der Waals surface area contributed by atoms with E-state index in [1.54, 1.807) is 5.38 Å². The highest BCUT2D eigenvalue weighted by Gasteiger charge is 2.27. The van der Waals surface area contributed by atoms with Crippen LogP contribution in [-0.4, -0.2) is 19.1 Å². The molecule has 1 aromatic rings. The molecule has 1 N–H and O–H groups in total. The van der Waals surface area contributed by atoms with Crippen molar-refractivity contribution in [2.45, 2.75) is 19.6 Å². The van der Waals surface area contributed by atoms with Gasteiger partial charge in [0.05, 0.1) is 13.1 Å². The fourth-order valence-electron chi connectivity index (χ4n) is 1.19. The van der Waals surface area contributed by atoms with Crippen molar-refractivity contribution in [2.24, 2.45) is 0 Å². The van der Waals surface area contributed by atoms with Crippen molar-refractivity contribution < 1.29 is 9.90 Å². The first-order valence-corrected chi connectivity index (χ1v) is 8.60. The van der Waals surface area contributed by atoms with Crippen molar-refractivity contribution in [1.29, 1.82) is 0 Å². The molecule has 0 aromatic carbocycles. The minimum Gasteiger partial charge on any atom is -0.477 e. The number of hydrogen-bond acceptors (Lipinski definition) is 2. The van der Waals surface area contributed by atoms with Crippen LogP contribution in [0.15, 0.2) is 5.38 Å². The van der Waals surface area contributed by atoms with Crippen LogP contribution < -0.4 is 5.19 Å². The average molecular weight is 235 g/mol. The third-order valence-corrected chi connectivity index (χ3v) is 5.44. The van der Waals surface area contributed by atoms with E-state index in [2.05, 4.69) is 19.6 Å². The molecule has 0 fully saturated rings. The fraction of sp³-hybridized carbons (Fsp3) is 0.375. The Morgan fingerprint density at radius 1 is 1.54 bits per heavy atom. The lowest BCUT2D eigenvalue weighted by atomic mass is 10.5. The molecule has 0 bridgehead atoms. The molecule has 5 heteroatoms. The molecule has 1 rings (SSSR count). The molecule has 0 saturated heterocycles. The van der Waals surface area contributed by atoms with Crippen LogP contribution in [0.1, 0.15) is 9.67 Å². The smallest absolute Gasteiger partial charge is 0.345 e. The number of halogens is 1. The van der Waals surface area contributed by atoms with Crippen LogP contribution in [-0.2, 0) is 0 Å². The Hall–Kier alpha value is -0.323. The molecule has 0 aliphatic rings. The third-order valence-electron chi connectivity index (χ3n) is 1.69. The number of carbonyl (C=O) groups is 1. The van der Waals surface area contributed by atoms with Crippen molar-refractivity contribution in [1.82, 2.24) is 0 Å². The SMILES string of the molecule is C[Si](C)(C)c1c(Cl)csc1C(=O)O. The zero-order valence-electron chi connectivity index (χ0n) is 7.72. The molecule has 1 aromatic heterocycles. The van der Waals surface area contributed by atoms with E-state index in [0.717, 1.165) is 5.19 Å². The molecule has 0 saturated carbocycles. The summed E-state index contributed by atoms with van der Waals surface area (Å²) in [6.45, 7) is 6.27. The second-order valence-electron chi connectivity index (χ2n) is 3.84. The van der Waals surface area contributed by atoms with E-state index in [1.807, 2.05) is 0 Å². The maximum atomic E-state index is 10.9. The lowest BCUT2D eigenvalue weighted by Crippen LogP contribution is -2.40. The van der Waals surface area contributed by atoms with Gasteiger partial charge in [-0.15, -0.1) is 11.3 Å². The average Bonchev–Trinajstić information content (AvgIpc) is 2.28. The Balaban J connectivity index is 3.33. The molecule has 0 aliphatic carbocycles. The second kappa shape index (κ2) is 3.44. The molecular formula is C8H11ClO2SSi. The zero-order valence-corrected chi connectivity index (χ0v) is 10.3. The molecule has 0 radical (unpaired) electrons. The van der Waals surface area contributed by atoms with Crippen LogP contribution >= 0.6 is 22.9 Å². The molecule has 1 heterocycles. The van der Waals surface area contributed by atoms with E-state index in [9.17, 15) is 4.79 Å². The summed E-state index contributed by atoms with van der Waals surface area (Å²) in [5.74, 6) is -0.866. The molecule has 2 nitrogen and oxygen atoms in total. The minimum absolute atomic E-state index is 0.407. The van der Waals surface area contributed by atoms with Crippen molar-refractivity contribution in [3.05, 3.63) is 15.3 Å². The van der Waals surface area contributed by atoms with E-state index in [0.29, 0.717) is 9.90 Å². The number of carboxylic acids is 1. The summed E-state index contributed by atoms with van der Waals surface area (Å²) in [5, 5.41) is 12.1. The summed E-state index contributed by atoms with van der Waals surface area (Å²) < 4.78 is 0. The molecule has 72 valence electrons. The molecule has 0 amide bonds. The highest BCUT2D eigenvalue weighted by molar-refractivity contribution is 7.15. The summed E-state index contributed by atoms with van der Waals surface area (Å²) in [7, 11) is -1.64. The van der Waals surface area contributed by atoms with Crippen molar-refractivity contribution in [2.75, 3.05) is 0 Å². The minimum atomic E-state index is -1.64. The van der Waals surface area contributed by atoms with E-state index >= 15 is 0 Å². The first-order valence-electron chi connectivity index (χ1n) is 3.85. The van der Waals surface area contributed by atoms with Gasteiger partial charge in [0.1, 0.15) is 4.88 Å². The Bertz CT molecular complexity index is 340. The van der Waals surface area contributed by atoms with Gasteiger partial charge in [0.15, 0.2) is 0 Å². The van der Waals surface area contributed by atoms with Crippen LogP contribution in [0.5, 0.6) is 0 Å². The van der Waals surface area contributed by atoms with E-state index in [4.69, 9.17) is 16.7 Å². The standard InChI is InChI=1S/C8H11ClO2SSi/c1-13(2,3)7-5(9)4-12-6(7)8(10)11/h4H,1-3H3,(H,10,11). The van der Waals surface area contributed by atoms with Gasteiger partial charge in [-0.25, -0.2) is 4.79 Å². The van der Waals surface area contributed by atoms with Gasteiger partial charge in [0, 0.05) is 5.38 Å². The Labute approximate surface area is 87.2 Å². The van der Waals surface area contributed by atoms with Gasteiger partial charge >= 0.3 is 5.97 Å². The molecular weight excluding hydrogens is 224 g/mol.